The lowest BCUT2D eigenvalue weighted by atomic mass is 9.89. The van der Waals surface area contributed by atoms with Gasteiger partial charge in [0.25, 0.3) is 5.91 Å². The predicted molar refractivity (Wildman–Crippen MR) is 92.9 cm³/mol. The minimum atomic E-state index is -3.24. The molecule has 1 saturated carbocycles. The zero-order valence-corrected chi connectivity index (χ0v) is 13.0. The molecule has 0 radical (unpaired) electrons. The molecule has 1 fully saturated rings. The van der Waals surface area contributed by atoms with Crippen molar-refractivity contribution in [2.24, 2.45) is 5.92 Å². The van der Waals surface area contributed by atoms with Crippen molar-refractivity contribution in [1.29, 1.82) is 0 Å². The maximum absolute atomic E-state index is 12.5. The molecule has 0 heterocycles. The molecule has 7 heteroatoms. The summed E-state index contributed by atoms with van der Waals surface area (Å²) in [6, 6.07) is 0. The first kappa shape index (κ1) is 33.3. The van der Waals surface area contributed by atoms with Crippen LogP contribution in [0.25, 0.3) is 0 Å². The summed E-state index contributed by atoms with van der Waals surface area (Å²) in [6.07, 6.45) is 6.03. The van der Waals surface area contributed by atoms with E-state index in [-0.39, 0.29) is 34.3 Å². The van der Waals surface area contributed by atoms with Crippen LogP contribution in [0.15, 0.2) is 0 Å². The highest BCUT2D eigenvalue weighted by Crippen LogP contribution is 2.23. The van der Waals surface area contributed by atoms with Crippen LogP contribution in [0.5, 0.6) is 0 Å². The van der Waals surface area contributed by atoms with Gasteiger partial charge < -0.3 is 10.8 Å². The normalized spacial score (nSPS) is 12.9. The number of carbonyl (C=O) groups is 3. The number of alkyl halides is 2. The van der Waals surface area contributed by atoms with Gasteiger partial charge in [-0.25, -0.2) is 0 Å². The van der Waals surface area contributed by atoms with Crippen LogP contribution in [-0.2, 0) is 14.4 Å². The summed E-state index contributed by atoms with van der Waals surface area (Å²) < 4.78 is 24.9. The van der Waals surface area contributed by atoms with Crippen LogP contribution in [0.4, 0.5) is 8.78 Å². The van der Waals surface area contributed by atoms with E-state index in [9.17, 15) is 13.6 Å². The topological polar surface area (TPSA) is 94.7 Å². The molecule has 0 spiro atoms. The third-order valence-electron chi connectivity index (χ3n) is 2.73. The van der Waals surface area contributed by atoms with E-state index >= 15 is 0 Å². The number of rotatable bonds is 4. The molecule has 1 amide bonds. The molecule has 0 aromatic rings. The largest absolute Gasteiger partial charge is 0.412 e. The van der Waals surface area contributed by atoms with Gasteiger partial charge in [-0.2, -0.15) is 8.78 Å². The zero-order chi connectivity index (χ0) is 16.0. The molecule has 5 nitrogen and oxygen atoms in total. The summed E-state index contributed by atoms with van der Waals surface area (Å²) in [7, 11) is 0. The van der Waals surface area contributed by atoms with Crippen molar-refractivity contribution in [3.8, 4) is 0 Å². The van der Waals surface area contributed by atoms with Crippen molar-refractivity contribution >= 4 is 18.5 Å². The van der Waals surface area contributed by atoms with Gasteiger partial charge in [0.2, 0.25) is 0 Å². The number of aldehydes is 2. The van der Waals surface area contributed by atoms with Gasteiger partial charge in [0.05, 0.1) is 0 Å². The number of hydrogen-bond acceptors (Lipinski definition) is 3. The van der Waals surface area contributed by atoms with Crippen molar-refractivity contribution in [3.63, 3.8) is 0 Å². The van der Waals surface area contributed by atoms with Gasteiger partial charge in [0.1, 0.15) is 0 Å². The second-order valence-electron chi connectivity index (χ2n) is 4.37. The van der Waals surface area contributed by atoms with Crippen LogP contribution in [-0.4, -0.2) is 36.4 Å². The molecule has 1 aliphatic rings. The van der Waals surface area contributed by atoms with Crippen molar-refractivity contribution in [3.05, 3.63) is 0 Å². The summed E-state index contributed by atoms with van der Waals surface area (Å²) in [5.41, 5.74) is 0. The molecule has 0 saturated heterocycles. The van der Waals surface area contributed by atoms with Crippen molar-refractivity contribution in [1.82, 2.24) is 5.32 Å². The molecular formula is C16H37F2NO4. The Kier molecular flexibility index (Phi) is 29.9. The Bertz CT molecular complexity index is 276. The van der Waals surface area contributed by atoms with Gasteiger partial charge >= 0.3 is 5.92 Å². The van der Waals surface area contributed by atoms with E-state index in [4.69, 9.17) is 9.59 Å². The second-order valence-corrected chi connectivity index (χ2v) is 4.37. The van der Waals surface area contributed by atoms with Crippen molar-refractivity contribution in [2.75, 3.05) is 6.54 Å². The highest BCUT2D eigenvalue weighted by molar-refractivity contribution is 6.09. The van der Waals surface area contributed by atoms with E-state index in [2.05, 4.69) is 5.32 Å². The fourth-order valence-electron chi connectivity index (χ4n) is 1.78. The Morgan fingerprint density at radius 2 is 1.52 bits per heavy atom. The third kappa shape index (κ3) is 20.6. The van der Waals surface area contributed by atoms with E-state index in [0.717, 1.165) is 25.7 Å². The average molecular weight is 345 g/mol. The van der Waals surface area contributed by atoms with E-state index < -0.39 is 11.8 Å². The molecule has 144 valence electrons. The average Bonchev–Trinajstić information content (AvgIpc) is 2.47. The monoisotopic (exact) mass is 345 g/mol. The predicted octanol–water partition coefficient (Wildman–Crippen LogP) is 3.44. The Hall–Kier alpha value is -1.37. The number of halogens is 2. The fourth-order valence-corrected chi connectivity index (χ4v) is 1.78. The van der Waals surface area contributed by atoms with Crippen LogP contribution in [0.1, 0.15) is 69.2 Å². The summed E-state index contributed by atoms with van der Waals surface area (Å²) in [5, 5.41) is 2.30. The fraction of sp³-hybridized carbons (Fsp3) is 0.812. The zero-order valence-electron chi connectivity index (χ0n) is 13.0. The molecule has 0 aromatic heterocycles. The molecule has 0 aliphatic heterocycles. The van der Waals surface area contributed by atoms with Crippen LogP contribution in [0.3, 0.4) is 0 Å². The maximum atomic E-state index is 12.5. The Morgan fingerprint density at radius 3 is 1.83 bits per heavy atom. The molecule has 0 bridgehead atoms. The first-order valence-electron chi connectivity index (χ1n) is 6.97. The smallest absolute Gasteiger partial charge is 0.321 e. The van der Waals surface area contributed by atoms with Crippen molar-refractivity contribution < 1.29 is 30.1 Å². The molecule has 0 aromatic carbocycles. The quantitative estimate of drug-likeness (QED) is 0.624. The van der Waals surface area contributed by atoms with E-state index in [0.29, 0.717) is 19.4 Å². The van der Waals surface area contributed by atoms with Gasteiger partial charge in [-0.1, -0.05) is 48.0 Å². The Morgan fingerprint density at radius 1 is 1.13 bits per heavy atom. The minimum absolute atomic E-state index is 0. The number of amides is 1. The second kappa shape index (κ2) is 20.6. The Labute approximate surface area is 141 Å². The number of nitrogens with one attached hydrogen (secondary N) is 1. The van der Waals surface area contributed by atoms with Crippen molar-refractivity contribution in [2.45, 2.75) is 73.7 Å². The summed E-state index contributed by atoms with van der Waals surface area (Å²) in [5.74, 6) is -3.99. The van der Waals surface area contributed by atoms with Crippen LogP contribution in [0.2, 0.25) is 0 Å². The summed E-state index contributed by atoms with van der Waals surface area (Å²) in [6.45, 7) is 5.03. The minimum Gasteiger partial charge on any atom is -0.412 e. The van der Waals surface area contributed by atoms with E-state index in [1.54, 1.807) is 0 Å². The third-order valence-corrected chi connectivity index (χ3v) is 2.73. The summed E-state index contributed by atoms with van der Waals surface area (Å²) >= 11 is 0. The molecule has 1 aliphatic carbocycles. The highest BCUT2D eigenvalue weighted by atomic mass is 19.3. The molecule has 1 rings (SSSR count). The SMILES string of the molecule is C.C.CC.CC(F)(F)C(=O)NCC1CCCCC1.O.O=CC=O.[HH]. The van der Waals surface area contributed by atoms with Crippen LogP contribution in [0, 0.1) is 5.92 Å². The van der Waals surface area contributed by atoms with E-state index in [1.165, 1.54) is 6.42 Å². The van der Waals surface area contributed by atoms with Gasteiger partial charge in [-0.3, -0.25) is 14.4 Å². The molecular weight excluding hydrogens is 308 g/mol. The van der Waals surface area contributed by atoms with Gasteiger partial charge in [0.15, 0.2) is 12.6 Å². The van der Waals surface area contributed by atoms with Crippen LogP contribution < -0.4 is 5.32 Å². The number of hydrogen-bond donors (Lipinski definition) is 1. The molecule has 23 heavy (non-hydrogen) atoms. The first-order valence-corrected chi connectivity index (χ1v) is 6.97. The lowest BCUT2D eigenvalue weighted by Crippen LogP contribution is -2.40. The number of carbonyl (C=O) groups excluding carboxylic acids is 3. The van der Waals surface area contributed by atoms with Gasteiger partial charge in [-0.15, -0.1) is 0 Å². The highest BCUT2D eigenvalue weighted by Gasteiger charge is 2.32. The lowest BCUT2D eigenvalue weighted by Gasteiger charge is -2.22. The summed E-state index contributed by atoms with van der Waals surface area (Å²) in [4.78, 5) is 28.5. The van der Waals surface area contributed by atoms with Gasteiger partial charge in [-0.05, 0) is 18.8 Å². The maximum Gasteiger partial charge on any atom is 0.321 e. The lowest BCUT2D eigenvalue weighted by molar-refractivity contribution is -0.143. The molecule has 3 N–H and O–H groups in total. The van der Waals surface area contributed by atoms with Gasteiger partial charge in [0, 0.05) is 14.9 Å². The van der Waals surface area contributed by atoms with E-state index in [1.807, 2.05) is 13.8 Å². The van der Waals surface area contributed by atoms with Crippen LogP contribution >= 0.6 is 0 Å². The Balaban J connectivity index is -0.0000000718. The first-order chi connectivity index (χ1) is 9.41. The molecule has 0 atom stereocenters. The molecule has 0 unspecified atom stereocenters. The standard InChI is InChI=1S/C10H17F2NO.C2H2O2.C2H6.2CH4.H2O.H2/c1-10(11,12)9(14)13-7-8-5-3-2-4-6-8;3-1-2-4;1-2;;;;/h8H,2-7H2,1H3,(H,13,14);1-2H;1-2H3;2*1H4;1H2;1H.